The van der Waals surface area contributed by atoms with Crippen molar-refractivity contribution in [2.24, 2.45) is 0 Å². The van der Waals surface area contributed by atoms with Crippen LogP contribution in [0.2, 0.25) is 0 Å². The van der Waals surface area contributed by atoms with Crippen LogP contribution in [0.3, 0.4) is 0 Å². The van der Waals surface area contributed by atoms with Crippen molar-refractivity contribution in [2.45, 2.75) is 19.4 Å². The van der Waals surface area contributed by atoms with Gasteiger partial charge in [0, 0.05) is 6.04 Å². The molecule has 0 bridgehead atoms. The first-order valence-corrected chi connectivity index (χ1v) is 5.30. The van der Waals surface area contributed by atoms with Crippen molar-refractivity contribution in [3.8, 4) is 0 Å². The topological polar surface area (TPSA) is 61.4 Å². The van der Waals surface area contributed by atoms with Gasteiger partial charge in [-0.25, -0.2) is 4.79 Å². The molecule has 2 N–H and O–H groups in total. The van der Waals surface area contributed by atoms with Gasteiger partial charge in [-0.1, -0.05) is 0 Å². The van der Waals surface area contributed by atoms with Gasteiger partial charge in [0.15, 0.2) is 0 Å². The summed E-state index contributed by atoms with van der Waals surface area (Å²) in [6.45, 7) is 2.76. The predicted octanol–water partition coefficient (Wildman–Crippen LogP) is 0.391. The van der Waals surface area contributed by atoms with Gasteiger partial charge >= 0.3 is 6.03 Å². The molecule has 6 heteroatoms. The third kappa shape index (κ3) is 8.20. The number of nitrogens with zero attached hydrogens (tertiary/aromatic N) is 1. The number of alkyl halides is 1. The van der Waals surface area contributed by atoms with Crippen molar-refractivity contribution in [1.29, 1.82) is 0 Å². The molecule has 0 aromatic heterocycles. The molecule has 0 aromatic carbocycles. The van der Waals surface area contributed by atoms with E-state index in [9.17, 15) is 9.59 Å². The average molecular weight is 236 g/mol. The second-order valence-electron chi connectivity index (χ2n) is 3.65. The van der Waals surface area contributed by atoms with Gasteiger partial charge in [0.2, 0.25) is 5.91 Å². The zero-order valence-electron chi connectivity index (χ0n) is 9.34. The van der Waals surface area contributed by atoms with E-state index in [1.807, 2.05) is 25.9 Å². The molecule has 5 nitrogen and oxygen atoms in total. The molecular formula is C9H18ClN3O2. The zero-order chi connectivity index (χ0) is 11.8. The maximum Gasteiger partial charge on any atom is 0.321 e. The first-order valence-electron chi connectivity index (χ1n) is 4.76. The number of carbonyl (C=O) groups excluding carboxylic acids is 2. The number of hydrogen-bond donors (Lipinski definition) is 2. The SMILES string of the molecule is CC(CCN(C)C)NC(=O)NC(=O)CCl. The summed E-state index contributed by atoms with van der Waals surface area (Å²) < 4.78 is 0. The van der Waals surface area contributed by atoms with Crippen molar-refractivity contribution in [3.05, 3.63) is 0 Å². The van der Waals surface area contributed by atoms with E-state index in [1.54, 1.807) is 0 Å². The molecule has 1 atom stereocenters. The number of urea groups is 1. The van der Waals surface area contributed by atoms with Crippen LogP contribution in [0.5, 0.6) is 0 Å². The third-order valence-corrected chi connectivity index (χ3v) is 2.00. The normalized spacial score (nSPS) is 12.3. The lowest BCUT2D eigenvalue weighted by atomic mass is 10.2. The molecular weight excluding hydrogens is 218 g/mol. The van der Waals surface area contributed by atoms with Crippen LogP contribution in [0, 0.1) is 0 Å². The Morgan fingerprint density at radius 3 is 2.47 bits per heavy atom. The molecule has 88 valence electrons. The smallest absolute Gasteiger partial charge is 0.321 e. The molecule has 0 heterocycles. The Morgan fingerprint density at radius 1 is 1.40 bits per heavy atom. The lowest BCUT2D eigenvalue weighted by Crippen LogP contribution is -2.44. The van der Waals surface area contributed by atoms with Gasteiger partial charge in [0.25, 0.3) is 0 Å². The van der Waals surface area contributed by atoms with E-state index in [1.165, 1.54) is 0 Å². The summed E-state index contributed by atoms with van der Waals surface area (Å²) >= 11 is 5.24. The fourth-order valence-corrected chi connectivity index (χ4v) is 1.01. The third-order valence-electron chi connectivity index (χ3n) is 1.76. The fraction of sp³-hybridized carbons (Fsp3) is 0.778. The summed E-state index contributed by atoms with van der Waals surface area (Å²) in [4.78, 5) is 23.9. The quantitative estimate of drug-likeness (QED) is 0.678. The summed E-state index contributed by atoms with van der Waals surface area (Å²) in [7, 11) is 3.92. The Labute approximate surface area is 95.1 Å². The van der Waals surface area contributed by atoms with Gasteiger partial charge in [-0.05, 0) is 34.0 Å². The van der Waals surface area contributed by atoms with E-state index in [4.69, 9.17) is 11.6 Å². The number of carbonyl (C=O) groups is 2. The molecule has 0 saturated carbocycles. The van der Waals surface area contributed by atoms with E-state index < -0.39 is 11.9 Å². The number of nitrogens with one attached hydrogen (secondary N) is 2. The second-order valence-corrected chi connectivity index (χ2v) is 3.92. The summed E-state index contributed by atoms with van der Waals surface area (Å²) in [6.07, 6.45) is 0.829. The van der Waals surface area contributed by atoms with Gasteiger partial charge in [0.05, 0.1) is 0 Å². The van der Waals surface area contributed by atoms with E-state index in [2.05, 4.69) is 10.6 Å². The van der Waals surface area contributed by atoms with Crippen LogP contribution >= 0.6 is 11.6 Å². The van der Waals surface area contributed by atoms with Crippen LogP contribution in [0.15, 0.2) is 0 Å². The summed E-state index contributed by atoms with van der Waals surface area (Å²) in [5.41, 5.74) is 0. The largest absolute Gasteiger partial charge is 0.335 e. The minimum absolute atomic E-state index is 0.0236. The van der Waals surface area contributed by atoms with Gasteiger partial charge < -0.3 is 10.2 Å². The lowest BCUT2D eigenvalue weighted by molar-refractivity contribution is -0.117. The molecule has 1 unspecified atom stereocenters. The van der Waals surface area contributed by atoms with Crippen LogP contribution in [0.25, 0.3) is 0 Å². The Hall–Kier alpha value is -0.810. The Balaban J connectivity index is 3.71. The summed E-state index contributed by atoms with van der Waals surface area (Å²) in [5.74, 6) is -0.701. The van der Waals surface area contributed by atoms with Crippen LogP contribution < -0.4 is 10.6 Å². The van der Waals surface area contributed by atoms with Crippen molar-refractivity contribution in [3.63, 3.8) is 0 Å². The molecule has 0 radical (unpaired) electrons. The van der Waals surface area contributed by atoms with Crippen molar-refractivity contribution >= 4 is 23.5 Å². The van der Waals surface area contributed by atoms with Crippen molar-refractivity contribution < 1.29 is 9.59 Å². The van der Waals surface area contributed by atoms with Crippen LogP contribution in [-0.4, -0.2) is 49.4 Å². The van der Waals surface area contributed by atoms with E-state index in [0.29, 0.717) is 0 Å². The average Bonchev–Trinajstić information content (AvgIpc) is 2.14. The van der Waals surface area contributed by atoms with Gasteiger partial charge in [-0.15, -0.1) is 11.6 Å². The Bertz CT molecular complexity index is 221. The molecule has 0 aliphatic heterocycles. The van der Waals surface area contributed by atoms with Crippen molar-refractivity contribution in [1.82, 2.24) is 15.5 Å². The van der Waals surface area contributed by atoms with Gasteiger partial charge in [-0.2, -0.15) is 0 Å². The first-order chi connectivity index (χ1) is 6.95. The van der Waals surface area contributed by atoms with Crippen LogP contribution in [-0.2, 0) is 4.79 Å². The van der Waals surface area contributed by atoms with Gasteiger partial charge in [0.1, 0.15) is 5.88 Å². The Morgan fingerprint density at radius 2 is 2.00 bits per heavy atom. The first kappa shape index (κ1) is 14.2. The highest BCUT2D eigenvalue weighted by Gasteiger charge is 2.09. The maximum atomic E-state index is 11.2. The van der Waals surface area contributed by atoms with E-state index >= 15 is 0 Å². The molecule has 0 rings (SSSR count). The van der Waals surface area contributed by atoms with E-state index in [0.717, 1.165) is 13.0 Å². The number of rotatable bonds is 5. The molecule has 0 aliphatic carbocycles. The highest BCUT2D eigenvalue weighted by molar-refractivity contribution is 6.28. The monoisotopic (exact) mass is 235 g/mol. The molecule has 0 saturated heterocycles. The minimum Gasteiger partial charge on any atom is -0.335 e. The molecule has 3 amide bonds. The standard InChI is InChI=1S/C9H18ClN3O2/c1-7(4-5-13(2)3)11-9(15)12-8(14)6-10/h7H,4-6H2,1-3H3,(H2,11,12,14,15). The summed E-state index contributed by atoms with van der Waals surface area (Å²) in [6, 6.07) is -0.470. The highest BCUT2D eigenvalue weighted by atomic mass is 35.5. The Kier molecular flexibility index (Phi) is 7.07. The lowest BCUT2D eigenvalue weighted by Gasteiger charge is -2.16. The number of amides is 3. The second kappa shape index (κ2) is 7.48. The molecule has 0 fully saturated rings. The van der Waals surface area contributed by atoms with Gasteiger partial charge in [-0.3, -0.25) is 10.1 Å². The molecule has 0 spiro atoms. The molecule has 0 aromatic rings. The van der Waals surface area contributed by atoms with Crippen LogP contribution in [0.1, 0.15) is 13.3 Å². The summed E-state index contributed by atoms with van der Waals surface area (Å²) in [5, 5.41) is 4.76. The minimum atomic E-state index is -0.494. The highest BCUT2D eigenvalue weighted by Crippen LogP contribution is 1.91. The predicted molar refractivity (Wildman–Crippen MR) is 60.0 cm³/mol. The molecule has 15 heavy (non-hydrogen) atoms. The molecule has 0 aliphatic rings. The maximum absolute atomic E-state index is 11.2. The van der Waals surface area contributed by atoms with E-state index in [-0.39, 0.29) is 11.9 Å². The number of hydrogen-bond acceptors (Lipinski definition) is 3. The van der Waals surface area contributed by atoms with Crippen LogP contribution in [0.4, 0.5) is 4.79 Å². The number of imide groups is 1. The zero-order valence-corrected chi connectivity index (χ0v) is 10.1. The fourth-order valence-electron chi connectivity index (χ4n) is 0.944. The number of halogens is 1. The van der Waals surface area contributed by atoms with Crippen molar-refractivity contribution in [2.75, 3.05) is 26.5 Å².